The van der Waals surface area contributed by atoms with Crippen LogP contribution in [0, 0.1) is 6.92 Å². The highest BCUT2D eigenvalue weighted by Crippen LogP contribution is 2.53. The molecule has 9 aromatic rings. The monoisotopic (exact) mass is 940 g/mol. The van der Waals surface area contributed by atoms with E-state index in [0.717, 1.165) is 69.6 Å². The van der Waals surface area contributed by atoms with Crippen molar-refractivity contribution in [3.8, 4) is 11.1 Å². The second-order valence-electron chi connectivity index (χ2n) is 24.2. The van der Waals surface area contributed by atoms with E-state index >= 15 is 0 Å². The van der Waals surface area contributed by atoms with Crippen LogP contribution in [0.3, 0.4) is 0 Å². The molecule has 0 amide bonds. The van der Waals surface area contributed by atoms with Gasteiger partial charge in [-0.05, 0) is 171 Å². The molecule has 0 fully saturated rings. The van der Waals surface area contributed by atoms with Gasteiger partial charge in [-0.2, -0.15) is 0 Å². The largest absolute Gasteiger partial charge is 0.468 e. The predicted molar refractivity (Wildman–Crippen MR) is 308 cm³/mol. The van der Waals surface area contributed by atoms with Crippen molar-refractivity contribution in [2.24, 2.45) is 0 Å². The lowest BCUT2D eigenvalue weighted by Gasteiger charge is -2.44. The zero-order valence-corrected chi connectivity index (χ0v) is 44.0. The number of para-hydroxylation sites is 2. The van der Waals surface area contributed by atoms with E-state index in [9.17, 15) is 0 Å². The third kappa shape index (κ3) is 7.41. The molecular formula is C67H66BN3O. The van der Waals surface area contributed by atoms with Crippen LogP contribution in [-0.4, -0.2) is 6.71 Å². The van der Waals surface area contributed by atoms with E-state index in [1.54, 1.807) is 0 Å². The predicted octanol–water partition coefficient (Wildman–Crippen LogP) is 16.9. The number of hydrogen-bond acceptors (Lipinski definition) is 4. The molecule has 1 aromatic heterocycles. The van der Waals surface area contributed by atoms with Gasteiger partial charge in [0.2, 0.25) is 0 Å². The fraction of sp³-hybridized carbons (Fsp3) is 0.254. The molecule has 72 heavy (non-hydrogen) atoms. The van der Waals surface area contributed by atoms with Crippen LogP contribution < -0.4 is 31.3 Å². The van der Waals surface area contributed by atoms with Crippen molar-refractivity contribution in [3.05, 3.63) is 204 Å². The Morgan fingerprint density at radius 1 is 0.514 bits per heavy atom. The number of anilines is 9. The van der Waals surface area contributed by atoms with Crippen molar-refractivity contribution >= 4 is 85.5 Å². The molecule has 0 radical (unpaired) electrons. The molecule has 0 bridgehead atoms. The van der Waals surface area contributed by atoms with Gasteiger partial charge >= 0.3 is 0 Å². The first-order chi connectivity index (χ1) is 34.4. The van der Waals surface area contributed by atoms with Gasteiger partial charge < -0.3 is 19.1 Å². The fourth-order valence-corrected chi connectivity index (χ4v) is 12.1. The van der Waals surface area contributed by atoms with Gasteiger partial charge in [0.25, 0.3) is 6.71 Å². The summed E-state index contributed by atoms with van der Waals surface area (Å²) in [7, 11) is 0. The van der Waals surface area contributed by atoms with Gasteiger partial charge in [-0.1, -0.05) is 160 Å². The number of benzene rings is 8. The smallest absolute Gasteiger partial charge is 0.297 e. The van der Waals surface area contributed by atoms with E-state index in [0.29, 0.717) is 0 Å². The SMILES string of the molecule is Cc1cc2c3c(c1)N(c1ccc(C(C)(C)C)cc1)c1c(oc4cc5c(cc14)C(C)(C)CCC5(C)C)B3c1ccc(N(c3ccccc3)c3ccccc3)cc1N2c1ccc(C(C)(C)C)cc1-c1ccccc1. The molecule has 0 atom stereocenters. The molecule has 4 nitrogen and oxygen atoms in total. The highest BCUT2D eigenvalue weighted by molar-refractivity contribution is 7.00. The average Bonchev–Trinajstić information content (AvgIpc) is 3.73. The van der Waals surface area contributed by atoms with Gasteiger partial charge in [0, 0.05) is 50.8 Å². The topological polar surface area (TPSA) is 22.9 Å². The molecular weight excluding hydrogens is 874 g/mol. The molecule has 0 spiro atoms. The molecule has 1 aliphatic carbocycles. The first-order valence-electron chi connectivity index (χ1n) is 26.1. The third-order valence-electron chi connectivity index (χ3n) is 16.2. The lowest BCUT2D eigenvalue weighted by molar-refractivity contribution is 0.332. The molecule has 0 saturated carbocycles. The Kier molecular flexibility index (Phi) is 10.4. The van der Waals surface area contributed by atoms with Crippen molar-refractivity contribution in [2.45, 2.75) is 111 Å². The number of rotatable bonds is 6. The first-order valence-corrected chi connectivity index (χ1v) is 26.1. The van der Waals surface area contributed by atoms with Crippen LogP contribution in [0.15, 0.2) is 180 Å². The second kappa shape index (κ2) is 16.4. The standard InChI is InChI=1S/C67H66BN3O/c1-43-37-58-61-59(38-43)71(56-34-29-46(65(5,6)7)39-51(56)44-21-15-12-16-22-44)57-40-50(69(47-23-17-13-18-24-47)48-25-19-14-20-26-48)32-33-55(57)68(61)63-62(70(58)49-30-27-45(28-31-49)64(2,3)4)52-41-53-54(42-60(52)72-63)67(10,11)36-35-66(53,8)9/h12-34,37-42H,35-36H2,1-11H3. The molecule has 0 unspecified atom stereocenters. The van der Waals surface area contributed by atoms with Gasteiger partial charge in [-0.3, -0.25) is 0 Å². The van der Waals surface area contributed by atoms with Crippen LogP contribution in [0.2, 0.25) is 0 Å². The Morgan fingerprint density at radius 3 is 1.67 bits per heavy atom. The number of aryl methyl sites for hydroxylation is 1. The minimum Gasteiger partial charge on any atom is -0.468 e. The summed E-state index contributed by atoms with van der Waals surface area (Å²) in [5.74, 6) is 0. The summed E-state index contributed by atoms with van der Waals surface area (Å²) in [6, 6.07) is 66.0. The van der Waals surface area contributed by atoms with E-state index in [1.165, 1.54) is 60.9 Å². The molecule has 3 aliphatic rings. The summed E-state index contributed by atoms with van der Waals surface area (Å²) in [4.78, 5) is 7.53. The molecule has 8 aromatic carbocycles. The van der Waals surface area contributed by atoms with Crippen LogP contribution in [0.4, 0.5) is 51.2 Å². The zero-order chi connectivity index (χ0) is 50.1. The van der Waals surface area contributed by atoms with Crippen LogP contribution in [-0.2, 0) is 21.7 Å². The van der Waals surface area contributed by atoms with E-state index in [4.69, 9.17) is 4.42 Å². The van der Waals surface area contributed by atoms with Crippen molar-refractivity contribution in [2.75, 3.05) is 14.7 Å². The molecule has 2 aliphatic heterocycles. The zero-order valence-electron chi connectivity index (χ0n) is 44.0. The van der Waals surface area contributed by atoms with E-state index in [1.807, 2.05) is 0 Å². The quantitative estimate of drug-likeness (QED) is 0.155. The van der Waals surface area contributed by atoms with Crippen molar-refractivity contribution in [1.82, 2.24) is 0 Å². The summed E-state index contributed by atoms with van der Waals surface area (Å²) >= 11 is 0. The van der Waals surface area contributed by atoms with E-state index in [2.05, 4.69) is 267 Å². The van der Waals surface area contributed by atoms with Crippen molar-refractivity contribution < 1.29 is 4.42 Å². The Morgan fingerprint density at radius 2 is 1.07 bits per heavy atom. The minimum atomic E-state index is -0.197. The number of fused-ring (bicyclic) bond motifs is 7. The summed E-state index contributed by atoms with van der Waals surface area (Å²) < 4.78 is 7.62. The van der Waals surface area contributed by atoms with Gasteiger partial charge in [-0.25, -0.2) is 0 Å². The highest BCUT2D eigenvalue weighted by atomic mass is 16.3. The minimum absolute atomic E-state index is 0.0115. The summed E-state index contributed by atoms with van der Waals surface area (Å²) in [5, 5.41) is 1.17. The molecule has 358 valence electrons. The third-order valence-corrected chi connectivity index (χ3v) is 16.2. The van der Waals surface area contributed by atoms with Gasteiger partial charge in [0.15, 0.2) is 0 Å². The lowest BCUT2D eigenvalue weighted by atomic mass is 9.35. The van der Waals surface area contributed by atoms with Crippen LogP contribution >= 0.6 is 0 Å². The Labute approximate surface area is 428 Å². The van der Waals surface area contributed by atoms with Gasteiger partial charge in [0.1, 0.15) is 5.58 Å². The van der Waals surface area contributed by atoms with Crippen LogP contribution in [0.1, 0.15) is 110 Å². The molecule has 0 saturated heterocycles. The molecule has 3 heterocycles. The molecule has 12 rings (SSSR count). The highest BCUT2D eigenvalue weighted by Gasteiger charge is 2.48. The van der Waals surface area contributed by atoms with Crippen molar-refractivity contribution in [1.29, 1.82) is 0 Å². The maximum absolute atomic E-state index is 7.62. The van der Waals surface area contributed by atoms with Gasteiger partial charge in [0.05, 0.1) is 17.0 Å². The maximum Gasteiger partial charge on any atom is 0.297 e. The second-order valence-corrected chi connectivity index (χ2v) is 24.2. The number of hydrogen-bond donors (Lipinski definition) is 0. The Balaban J connectivity index is 1.20. The molecule has 0 N–H and O–H groups in total. The lowest BCUT2D eigenvalue weighted by Crippen LogP contribution is -2.61. The van der Waals surface area contributed by atoms with Crippen LogP contribution in [0.5, 0.6) is 0 Å². The Bertz CT molecular complexity index is 3520. The summed E-state index contributed by atoms with van der Waals surface area (Å²) in [5.41, 5.74) is 23.6. The van der Waals surface area contributed by atoms with Crippen molar-refractivity contribution in [3.63, 3.8) is 0 Å². The number of nitrogens with zero attached hydrogens (tertiary/aromatic N) is 3. The maximum atomic E-state index is 7.62. The summed E-state index contributed by atoms with van der Waals surface area (Å²) in [6.07, 6.45) is 2.28. The van der Waals surface area contributed by atoms with Gasteiger partial charge in [-0.15, -0.1) is 0 Å². The summed E-state index contributed by atoms with van der Waals surface area (Å²) in [6.45, 7) is 25.6. The first kappa shape index (κ1) is 45.9. The van der Waals surface area contributed by atoms with E-state index in [-0.39, 0.29) is 28.4 Å². The van der Waals surface area contributed by atoms with E-state index < -0.39 is 0 Å². The van der Waals surface area contributed by atoms with Crippen LogP contribution in [0.25, 0.3) is 22.1 Å². The number of furan rings is 1. The fourth-order valence-electron chi connectivity index (χ4n) is 12.1. The Hall–Kier alpha value is -7.24. The molecule has 5 heteroatoms. The normalized spacial score (nSPS) is 15.5. The average molecular weight is 940 g/mol.